The second-order valence-corrected chi connectivity index (χ2v) is 8.02. The number of carbonyl (C=O) groups excluding carboxylic acids is 1. The van der Waals surface area contributed by atoms with Gasteiger partial charge in [-0.15, -0.1) is 0 Å². The number of benzene rings is 1. The first-order valence-corrected chi connectivity index (χ1v) is 9.52. The van der Waals surface area contributed by atoms with Gasteiger partial charge in [0.05, 0.1) is 25.3 Å². The zero-order chi connectivity index (χ0) is 18.4. The lowest BCUT2D eigenvalue weighted by Crippen LogP contribution is -2.51. The molecule has 2 heterocycles. The molecule has 3 aliphatic rings. The van der Waals surface area contributed by atoms with E-state index in [0.717, 1.165) is 12.0 Å². The van der Waals surface area contributed by atoms with Crippen molar-refractivity contribution in [1.29, 1.82) is 0 Å². The highest BCUT2D eigenvalue weighted by molar-refractivity contribution is 5.78. The van der Waals surface area contributed by atoms with Gasteiger partial charge in [0, 0.05) is 12.6 Å². The van der Waals surface area contributed by atoms with Gasteiger partial charge < -0.3 is 19.5 Å². The first-order valence-electron chi connectivity index (χ1n) is 9.52. The van der Waals surface area contributed by atoms with E-state index in [2.05, 4.69) is 0 Å². The monoisotopic (exact) mass is 360 g/mol. The molecule has 2 atom stereocenters. The summed E-state index contributed by atoms with van der Waals surface area (Å²) < 4.78 is 11.9. The summed E-state index contributed by atoms with van der Waals surface area (Å²) in [5.41, 5.74) is 0.284. The van der Waals surface area contributed by atoms with Gasteiger partial charge in [-0.3, -0.25) is 4.90 Å². The van der Waals surface area contributed by atoms with Crippen LogP contribution in [0.5, 0.6) is 0 Å². The number of aliphatic hydroxyl groups is 1. The molecule has 142 valence electrons. The highest BCUT2D eigenvalue weighted by atomic mass is 16.7. The smallest absolute Gasteiger partial charge is 0.322 e. The fourth-order valence-electron chi connectivity index (χ4n) is 4.42. The van der Waals surface area contributed by atoms with E-state index in [1.807, 2.05) is 37.3 Å². The molecular formula is C20H28N2O4. The van der Waals surface area contributed by atoms with Gasteiger partial charge in [0.25, 0.3) is 0 Å². The molecular weight excluding hydrogens is 332 g/mol. The Balaban J connectivity index is 1.59. The van der Waals surface area contributed by atoms with Crippen LogP contribution >= 0.6 is 0 Å². The average molecular weight is 360 g/mol. The Bertz CT molecular complexity index is 657. The minimum absolute atomic E-state index is 0.172. The number of hydrogen-bond acceptors (Lipinski definition) is 4. The highest BCUT2D eigenvalue weighted by Gasteiger charge is 2.56. The van der Waals surface area contributed by atoms with Gasteiger partial charge in [-0.2, -0.15) is 0 Å². The first kappa shape index (κ1) is 17.8. The number of nitrogens with zero attached hydrogens (tertiary/aromatic N) is 2. The van der Waals surface area contributed by atoms with Crippen molar-refractivity contribution in [2.45, 2.75) is 50.2 Å². The minimum Gasteiger partial charge on any atom is -0.371 e. The Kier molecular flexibility index (Phi) is 4.45. The van der Waals surface area contributed by atoms with E-state index in [-0.39, 0.29) is 12.6 Å². The van der Waals surface area contributed by atoms with Crippen molar-refractivity contribution in [3.8, 4) is 0 Å². The fraction of sp³-hybridized carbons (Fsp3) is 0.650. The number of rotatable bonds is 5. The molecule has 1 aliphatic carbocycles. The maximum atomic E-state index is 13.0. The average Bonchev–Trinajstić information content (AvgIpc) is 3.16. The summed E-state index contributed by atoms with van der Waals surface area (Å²) in [4.78, 5) is 16.2. The lowest BCUT2D eigenvalue weighted by molar-refractivity contribution is -0.186. The number of aliphatic hydroxyl groups excluding tert-OH is 1. The predicted molar refractivity (Wildman–Crippen MR) is 96.3 cm³/mol. The van der Waals surface area contributed by atoms with Crippen LogP contribution in [-0.2, 0) is 15.3 Å². The number of ether oxygens (including phenoxy) is 2. The SMILES string of the molecule is CN1C(=O)N(CC2(c3ccccc3)OCCO2)C(O)C1(C)CC1CCC1. The fourth-order valence-corrected chi connectivity index (χ4v) is 4.42. The third-order valence-electron chi connectivity index (χ3n) is 6.42. The van der Waals surface area contributed by atoms with E-state index < -0.39 is 17.6 Å². The molecule has 1 aromatic rings. The molecule has 6 nitrogen and oxygen atoms in total. The van der Waals surface area contributed by atoms with E-state index in [4.69, 9.17) is 9.47 Å². The van der Waals surface area contributed by atoms with Crippen LogP contribution in [0.2, 0.25) is 0 Å². The third-order valence-corrected chi connectivity index (χ3v) is 6.42. The van der Waals surface area contributed by atoms with Gasteiger partial charge in [-0.05, 0) is 19.3 Å². The van der Waals surface area contributed by atoms with Crippen LogP contribution < -0.4 is 0 Å². The van der Waals surface area contributed by atoms with Crippen molar-refractivity contribution in [3.05, 3.63) is 35.9 Å². The summed E-state index contributed by atoms with van der Waals surface area (Å²) in [6, 6.07) is 9.50. The van der Waals surface area contributed by atoms with Gasteiger partial charge in [-0.1, -0.05) is 49.6 Å². The van der Waals surface area contributed by atoms with Gasteiger partial charge in [-0.25, -0.2) is 4.79 Å². The summed E-state index contributed by atoms with van der Waals surface area (Å²) >= 11 is 0. The van der Waals surface area contributed by atoms with E-state index >= 15 is 0 Å². The van der Waals surface area contributed by atoms with Crippen molar-refractivity contribution in [3.63, 3.8) is 0 Å². The molecule has 6 heteroatoms. The van der Waals surface area contributed by atoms with E-state index in [9.17, 15) is 9.90 Å². The Labute approximate surface area is 154 Å². The predicted octanol–water partition coefficient (Wildman–Crippen LogP) is 2.52. The number of likely N-dealkylation sites (N-methyl/N-ethyl adjacent to an activating group) is 1. The summed E-state index contributed by atoms with van der Waals surface area (Å²) in [6.45, 7) is 3.12. The maximum Gasteiger partial charge on any atom is 0.322 e. The molecule has 0 radical (unpaired) electrons. The van der Waals surface area contributed by atoms with Crippen LogP contribution in [0, 0.1) is 5.92 Å². The zero-order valence-corrected chi connectivity index (χ0v) is 15.6. The first-order chi connectivity index (χ1) is 12.5. The van der Waals surface area contributed by atoms with Crippen molar-refractivity contribution in [2.75, 3.05) is 26.8 Å². The lowest BCUT2D eigenvalue weighted by Gasteiger charge is -2.40. The summed E-state index contributed by atoms with van der Waals surface area (Å²) in [5, 5.41) is 11.1. The Morgan fingerprint density at radius 1 is 1.19 bits per heavy atom. The Morgan fingerprint density at radius 3 is 2.42 bits per heavy atom. The number of carbonyl (C=O) groups is 1. The minimum atomic E-state index is -1.01. The molecule has 1 aromatic carbocycles. The zero-order valence-electron chi connectivity index (χ0n) is 15.6. The van der Waals surface area contributed by atoms with Gasteiger partial charge in [0.15, 0.2) is 6.23 Å². The molecule has 2 saturated heterocycles. The molecule has 2 aliphatic heterocycles. The van der Waals surface area contributed by atoms with Crippen LogP contribution in [0.15, 0.2) is 30.3 Å². The molecule has 0 aromatic heterocycles. The summed E-state index contributed by atoms with van der Waals surface area (Å²) in [7, 11) is 1.79. The second-order valence-electron chi connectivity index (χ2n) is 8.02. The highest BCUT2D eigenvalue weighted by Crippen LogP contribution is 2.43. The summed E-state index contributed by atoms with van der Waals surface area (Å²) in [6.07, 6.45) is 3.56. The standard InChI is InChI=1S/C20H28N2O4/c1-19(13-15-7-6-8-15)17(23)22(18(24)21(19)2)14-20(25-11-12-26-20)16-9-4-3-5-10-16/h3-5,9-10,15,17,23H,6-8,11-14H2,1-2H3. The van der Waals surface area contributed by atoms with E-state index in [1.54, 1.807) is 11.9 Å². The maximum absolute atomic E-state index is 13.0. The van der Waals surface area contributed by atoms with Crippen LogP contribution in [0.1, 0.15) is 38.2 Å². The van der Waals surface area contributed by atoms with Crippen LogP contribution in [0.25, 0.3) is 0 Å². The van der Waals surface area contributed by atoms with E-state index in [1.165, 1.54) is 24.2 Å². The topological polar surface area (TPSA) is 62.2 Å². The molecule has 26 heavy (non-hydrogen) atoms. The molecule has 2 unspecified atom stereocenters. The van der Waals surface area contributed by atoms with Crippen LogP contribution in [-0.4, -0.2) is 59.5 Å². The molecule has 3 fully saturated rings. The molecule has 1 N–H and O–H groups in total. The number of urea groups is 1. The normalized spacial score (nSPS) is 31.5. The Morgan fingerprint density at radius 2 is 1.85 bits per heavy atom. The molecule has 2 amide bonds. The van der Waals surface area contributed by atoms with Crippen molar-refractivity contribution < 1.29 is 19.4 Å². The van der Waals surface area contributed by atoms with Gasteiger partial charge >= 0.3 is 6.03 Å². The Hall–Kier alpha value is -1.63. The molecule has 4 rings (SSSR count). The third kappa shape index (κ3) is 2.71. The van der Waals surface area contributed by atoms with Gasteiger partial charge in [0.1, 0.15) is 0 Å². The van der Waals surface area contributed by atoms with Crippen molar-refractivity contribution >= 4 is 6.03 Å². The lowest BCUT2D eigenvalue weighted by atomic mass is 9.76. The van der Waals surface area contributed by atoms with Crippen LogP contribution in [0.3, 0.4) is 0 Å². The molecule has 0 bridgehead atoms. The number of hydrogen-bond donors (Lipinski definition) is 1. The molecule has 1 saturated carbocycles. The van der Waals surface area contributed by atoms with Crippen molar-refractivity contribution in [1.82, 2.24) is 9.80 Å². The second kappa shape index (κ2) is 6.51. The van der Waals surface area contributed by atoms with Gasteiger partial charge in [0.2, 0.25) is 5.79 Å². The van der Waals surface area contributed by atoms with E-state index in [0.29, 0.717) is 19.1 Å². The van der Waals surface area contributed by atoms with Crippen molar-refractivity contribution in [2.24, 2.45) is 5.92 Å². The molecule has 0 spiro atoms. The number of amides is 2. The largest absolute Gasteiger partial charge is 0.371 e. The summed E-state index contributed by atoms with van der Waals surface area (Å²) in [5.74, 6) is -0.424. The quantitative estimate of drug-likeness (QED) is 0.876. The van der Waals surface area contributed by atoms with Crippen LogP contribution in [0.4, 0.5) is 4.79 Å².